The molecule has 0 atom stereocenters. The minimum Gasteiger partial charge on any atom is -0.457 e. The van der Waals surface area contributed by atoms with Crippen LogP contribution >= 0.6 is 0 Å². The molecule has 6 rings (SSSR count). The molecule has 3 aromatic rings. The third kappa shape index (κ3) is 9.81. The van der Waals surface area contributed by atoms with Gasteiger partial charge >= 0.3 is 0 Å². The van der Waals surface area contributed by atoms with Crippen LogP contribution < -0.4 is 10.5 Å². The molecule has 1 aliphatic carbocycles. The molecule has 4 N–H and O–H groups in total. The molecule has 0 spiro atoms. The molecule has 3 aromatic carbocycles. The van der Waals surface area contributed by atoms with Gasteiger partial charge in [0, 0.05) is 48.3 Å². The number of fused-ring (bicyclic) bond motifs is 2. The summed E-state index contributed by atoms with van der Waals surface area (Å²) in [6.07, 6.45) is 13.8. The summed E-state index contributed by atoms with van der Waals surface area (Å²) >= 11 is 0. The molecule has 0 bridgehead atoms. The smallest absolute Gasteiger partial charge is 0.295 e. The summed E-state index contributed by atoms with van der Waals surface area (Å²) in [5.74, 6) is 0.169. The standard InChI is InChI=1S/C44H50N4O9S2/c1-43(2)34-16-5-7-18-37(34)46(26-9-11-28-58(51,52)53)40(43)24-20-31-14-13-15-32(42(31)57-33-22-23-36(45)39(30-33)48(49)50)21-25-41-44(3,4)35-17-6-8-19-38(35)47(41)27-10-12-29-59(54,55)56/h5-8,16-26,30H,9-15,27-29,45H2,1-4H3/p+2. The summed E-state index contributed by atoms with van der Waals surface area (Å²) in [7, 11) is -8.18. The Hall–Kier alpha value is -5.22. The zero-order chi connectivity index (χ0) is 42.8. The van der Waals surface area contributed by atoms with E-state index in [1.54, 1.807) is 6.07 Å². The fourth-order valence-electron chi connectivity index (χ4n) is 8.26. The Labute approximate surface area is 346 Å². The average molecular weight is 845 g/mol. The molecule has 0 aromatic heterocycles. The normalized spacial score (nSPS) is 19.6. The number of para-hydroxylation sites is 2. The minimum atomic E-state index is -4.10. The molecule has 0 radical (unpaired) electrons. The van der Waals surface area contributed by atoms with Gasteiger partial charge in [0.2, 0.25) is 11.4 Å². The second-order valence-electron chi connectivity index (χ2n) is 16.2. The molecule has 0 saturated heterocycles. The first-order valence-corrected chi connectivity index (χ1v) is 22.9. The molecule has 2 heterocycles. The maximum Gasteiger partial charge on any atom is 0.295 e. The Bertz CT molecular complexity index is 2580. The van der Waals surface area contributed by atoms with Crippen molar-refractivity contribution in [2.75, 3.05) is 23.8 Å². The highest BCUT2D eigenvalue weighted by atomic mass is 32.2. The molecule has 59 heavy (non-hydrogen) atoms. The zero-order valence-corrected chi connectivity index (χ0v) is 35.4. The number of rotatable bonds is 15. The van der Waals surface area contributed by atoms with Gasteiger partial charge in [0.25, 0.3) is 25.9 Å². The number of nitrogens with two attached hydrogens (primary N) is 1. The summed E-state index contributed by atoms with van der Waals surface area (Å²) in [5, 5.41) is 11.9. The summed E-state index contributed by atoms with van der Waals surface area (Å²) in [5.41, 5.74) is 12.8. The number of hydrogen-bond donors (Lipinski definition) is 3. The van der Waals surface area contributed by atoms with Gasteiger partial charge in [-0.15, -0.1) is 0 Å². The molecule has 0 unspecified atom stereocenters. The number of unbranched alkanes of at least 4 members (excludes halogenated alkanes) is 2. The van der Waals surface area contributed by atoms with E-state index < -0.39 is 36.0 Å². The van der Waals surface area contributed by atoms with Gasteiger partial charge in [0.1, 0.15) is 23.7 Å². The maximum absolute atomic E-state index is 11.9. The first-order valence-electron chi connectivity index (χ1n) is 19.7. The van der Waals surface area contributed by atoms with Crippen LogP contribution in [0.5, 0.6) is 5.75 Å². The van der Waals surface area contributed by atoms with Crippen molar-refractivity contribution in [2.24, 2.45) is 0 Å². The second-order valence-corrected chi connectivity index (χ2v) is 19.3. The van der Waals surface area contributed by atoms with Crippen LogP contribution in [0.15, 0.2) is 114 Å². The number of benzene rings is 3. The highest BCUT2D eigenvalue weighted by molar-refractivity contribution is 7.86. The van der Waals surface area contributed by atoms with E-state index in [4.69, 9.17) is 10.5 Å². The number of nitro groups is 1. The largest absolute Gasteiger partial charge is 0.457 e. The molecule has 3 aliphatic rings. The van der Waals surface area contributed by atoms with E-state index in [1.165, 1.54) is 12.1 Å². The lowest BCUT2D eigenvalue weighted by molar-refractivity contribution is -0.438. The van der Waals surface area contributed by atoms with Crippen LogP contribution in [0.1, 0.15) is 83.8 Å². The number of hydrogen-bond acceptors (Lipinski definition) is 8. The summed E-state index contributed by atoms with van der Waals surface area (Å²) in [6.45, 7) is 9.09. The first-order chi connectivity index (χ1) is 27.8. The van der Waals surface area contributed by atoms with Crippen LogP contribution in [-0.2, 0) is 31.1 Å². The van der Waals surface area contributed by atoms with Gasteiger partial charge in [-0.05, 0) is 95.2 Å². The Morgan fingerprint density at radius 2 is 1.47 bits per heavy atom. The van der Waals surface area contributed by atoms with E-state index in [2.05, 4.69) is 67.2 Å². The predicted molar refractivity (Wildman–Crippen MR) is 230 cm³/mol. The van der Waals surface area contributed by atoms with Gasteiger partial charge in [0.05, 0.1) is 33.3 Å². The van der Waals surface area contributed by atoms with Gasteiger partial charge in [0.15, 0.2) is 17.6 Å². The van der Waals surface area contributed by atoms with Crippen molar-refractivity contribution in [1.29, 1.82) is 0 Å². The Morgan fingerprint density at radius 3 is 2.15 bits per heavy atom. The van der Waals surface area contributed by atoms with Crippen LogP contribution in [0.2, 0.25) is 0 Å². The molecule has 15 heteroatoms. The molecule has 13 nitrogen and oxygen atoms in total. The Balaban J connectivity index is 1.46. The number of nitrogens with zero attached hydrogens (tertiary/aromatic N) is 3. The third-order valence-electron chi connectivity index (χ3n) is 11.3. The van der Waals surface area contributed by atoms with E-state index in [0.717, 1.165) is 51.5 Å². The number of allylic oxidation sites excluding steroid dienone is 7. The van der Waals surface area contributed by atoms with Crippen LogP contribution in [0.3, 0.4) is 0 Å². The molecule has 2 aliphatic heterocycles. The highest BCUT2D eigenvalue weighted by Crippen LogP contribution is 2.47. The number of ether oxygens (including phenoxy) is 1. The SMILES string of the molecule is CC1(C)C(=CC=C2CCCC(C=CC3=[N+](CCCCS(=O)(=O)O)c4ccccc4C3(C)C)=C2Oc2ccc(N)c([N+](=O)[O-])c2)[N+](=CCCCS(=O)(=O)O)c2ccccc21. The molecule has 0 saturated carbocycles. The summed E-state index contributed by atoms with van der Waals surface area (Å²) < 4.78 is 75.4. The topological polar surface area (TPSA) is 193 Å². The predicted octanol–water partition coefficient (Wildman–Crippen LogP) is 8.48. The van der Waals surface area contributed by atoms with Crippen molar-refractivity contribution in [1.82, 2.24) is 0 Å². The van der Waals surface area contributed by atoms with E-state index in [0.29, 0.717) is 44.4 Å². The minimum absolute atomic E-state index is 0.0210. The van der Waals surface area contributed by atoms with Gasteiger partial charge in [-0.25, -0.2) is 0 Å². The Kier molecular flexibility index (Phi) is 12.6. The van der Waals surface area contributed by atoms with Crippen LogP contribution in [0.4, 0.5) is 22.7 Å². The second kappa shape index (κ2) is 17.2. The van der Waals surface area contributed by atoms with Crippen molar-refractivity contribution in [3.8, 4) is 5.75 Å². The van der Waals surface area contributed by atoms with Gasteiger partial charge < -0.3 is 10.5 Å². The maximum atomic E-state index is 11.9. The van der Waals surface area contributed by atoms with Crippen molar-refractivity contribution in [3.05, 3.63) is 135 Å². The molecular weight excluding hydrogens is 793 g/mol. The number of anilines is 1. The van der Waals surface area contributed by atoms with Crippen LogP contribution in [0.25, 0.3) is 0 Å². The monoisotopic (exact) mass is 844 g/mol. The summed E-state index contributed by atoms with van der Waals surface area (Å²) in [4.78, 5) is 11.3. The first kappa shape index (κ1) is 43.4. The van der Waals surface area contributed by atoms with E-state index in [9.17, 15) is 36.1 Å². The molecule has 312 valence electrons. The van der Waals surface area contributed by atoms with E-state index in [1.807, 2.05) is 48.7 Å². The van der Waals surface area contributed by atoms with Crippen LogP contribution in [-0.4, -0.2) is 70.0 Å². The van der Waals surface area contributed by atoms with Crippen molar-refractivity contribution in [3.63, 3.8) is 0 Å². The lowest BCUT2D eigenvalue weighted by atomic mass is 9.81. The van der Waals surface area contributed by atoms with Crippen molar-refractivity contribution < 1.29 is 44.8 Å². The van der Waals surface area contributed by atoms with Gasteiger partial charge in [-0.3, -0.25) is 19.2 Å². The third-order valence-corrected chi connectivity index (χ3v) is 12.9. The molecule has 0 amide bonds. The Morgan fingerprint density at radius 1 is 0.831 bits per heavy atom. The van der Waals surface area contributed by atoms with Crippen molar-refractivity contribution in [2.45, 2.75) is 83.5 Å². The van der Waals surface area contributed by atoms with Crippen molar-refractivity contribution >= 4 is 54.9 Å². The zero-order valence-electron chi connectivity index (χ0n) is 33.8. The fourth-order valence-corrected chi connectivity index (χ4v) is 9.36. The highest BCUT2D eigenvalue weighted by Gasteiger charge is 2.46. The lowest BCUT2D eigenvalue weighted by Crippen LogP contribution is -2.28. The quantitative estimate of drug-likeness (QED) is 0.0334. The van der Waals surface area contributed by atoms with E-state index in [-0.39, 0.29) is 35.1 Å². The van der Waals surface area contributed by atoms with Gasteiger partial charge in [-0.1, -0.05) is 36.4 Å². The molecular formula is C44H52N4O9S2+2. The number of nitro benzene ring substituents is 1. The van der Waals surface area contributed by atoms with Crippen LogP contribution in [0, 0.1) is 10.1 Å². The number of nitrogen functional groups attached to an aromatic ring is 1. The van der Waals surface area contributed by atoms with E-state index >= 15 is 0 Å². The average Bonchev–Trinajstić information content (AvgIpc) is 3.51. The lowest BCUT2D eigenvalue weighted by Gasteiger charge is -2.22. The summed E-state index contributed by atoms with van der Waals surface area (Å²) in [6, 6.07) is 20.6. The fraction of sp³-hybridized carbons (Fsp3) is 0.364. The van der Waals surface area contributed by atoms with Gasteiger partial charge in [-0.2, -0.15) is 26.0 Å². The molecule has 0 fully saturated rings.